The molecular weight excluding hydrogens is 156 g/mol. The van der Waals surface area contributed by atoms with Gasteiger partial charge in [-0.25, -0.2) is 0 Å². The van der Waals surface area contributed by atoms with Crippen molar-refractivity contribution in [1.29, 1.82) is 0 Å². The molecule has 60 valence electrons. The lowest BCUT2D eigenvalue weighted by Gasteiger charge is -1.96. The molecule has 0 saturated carbocycles. The Balaban J connectivity index is 3.15. The molecule has 0 aliphatic heterocycles. The molecule has 0 atom stereocenters. The topological polar surface area (TPSA) is 17.1 Å². The quantitative estimate of drug-likeness (QED) is 0.620. The van der Waals surface area contributed by atoms with Gasteiger partial charge in [-0.15, -0.1) is 11.3 Å². The van der Waals surface area contributed by atoms with E-state index < -0.39 is 0 Å². The van der Waals surface area contributed by atoms with Crippen molar-refractivity contribution in [2.75, 3.05) is 0 Å². The summed E-state index contributed by atoms with van der Waals surface area (Å²) < 4.78 is 0. The van der Waals surface area contributed by atoms with Crippen LogP contribution < -0.4 is 0 Å². The Morgan fingerprint density at radius 3 is 2.64 bits per heavy atom. The zero-order valence-corrected chi connectivity index (χ0v) is 7.92. The lowest BCUT2D eigenvalue weighted by molar-refractivity contribution is 0.102. The maximum atomic E-state index is 11.0. The van der Waals surface area contributed by atoms with E-state index in [1.165, 1.54) is 11.1 Å². The average molecular weight is 168 g/mol. The third-order valence-electron chi connectivity index (χ3n) is 1.78. The number of carbonyl (C=O) groups is 1. The molecule has 1 nitrogen and oxygen atoms in total. The third-order valence-corrected chi connectivity index (χ3v) is 3.02. The summed E-state index contributed by atoms with van der Waals surface area (Å²) in [6.45, 7) is 5.77. The first-order valence-corrected chi connectivity index (χ1v) is 4.62. The van der Waals surface area contributed by atoms with Crippen LogP contribution in [0.3, 0.4) is 0 Å². The number of ketones is 1. The molecule has 0 saturated heterocycles. The van der Waals surface area contributed by atoms with Crippen molar-refractivity contribution in [1.82, 2.24) is 0 Å². The minimum absolute atomic E-state index is 0.194. The number of aryl methyl sites for hydroxylation is 1. The molecule has 0 spiro atoms. The van der Waals surface area contributed by atoms with Crippen LogP contribution in [0.2, 0.25) is 0 Å². The zero-order valence-electron chi connectivity index (χ0n) is 7.10. The summed E-state index contributed by atoms with van der Waals surface area (Å²) in [5, 5.41) is 2.05. The Kier molecular flexibility index (Phi) is 2.45. The van der Waals surface area contributed by atoms with Crippen LogP contribution in [0.5, 0.6) is 0 Å². The standard InChI is InChI=1S/C9H12OS/c1-4-8-6(2)5-11-9(8)7(3)10/h5H,4H2,1-3H3. The van der Waals surface area contributed by atoms with E-state index in [-0.39, 0.29) is 5.78 Å². The highest BCUT2D eigenvalue weighted by molar-refractivity contribution is 7.12. The van der Waals surface area contributed by atoms with Gasteiger partial charge in [-0.05, 0) is 36.8 Å². The van der Waals surface area contributed by atoms with Gasteiger partial charge in [0.15, 0.2) is 5.78 Å². The van der Waals surface area contributed by atoms with E-state index in [0.29, 0.717) is 0 Å². The third kappa shape index (κ3) is 1.51. The van der Waals surface area contributed by atoms with Gasteiger partial charge in [0.05, 0.1) is 4.88 Å². The van der Waals surface area contributed by atoms with Crippen LogP contribution in [0.25, 0.3) is 0 Å². The van der Waals surface area contributed by atoms with Crippen molar-refractivity contribution in [3.05, 3.63) is 21.4 Å². The van der Waals surface area contributed by atoms with Crippen LogP contribution in [0.15, 0.2) is 5.38 Å². The number of rotatable bonds is 2. The normalized spacial score (nSPS) is 10.1. The van der Waals surface area contributed by atoms with Gasteiger partial charge in [-0.2, -0.15) is 0 Å². The molecule has 2 heteroatoms. The molecule has 1 aromatic rings. The molecule has 0 bridgehead atoms. The summed E-state index contributed by atoms with van der Waals surface area (Å²) in [7, 11) is 0. The first kappa shape index (κ1) is 8.47. The molecule has 0 aliphatic carbocycles. The van der Waals surface area contributed by atoms with Crippen LogP contribution in [-0.2, 0) is 6.42 Å². The molecule has 0 unspecified atom stereocenters. The summed E-state index contributed by atoms with van der Waals surface area (Å²) in [6, 6.07) is 0. The Hall–Kier alpha value is -0.630. The highest BCUT2D eigenvalue weighted by Gasteiger charge is 2.09. The lowest BCUT2D eigenvalue weighted by atomic mass is 10.1. The Morgan fingerprint density at radius 2 is 2.27 bits per heavy atom. The van der Waals surface area contributed by atoms with E-state index in [1.54, 1.807) is 18.3 Å². The first-order chi connectivity index (χ1) is 5.16. The molecular formula is C9H12OS. The van der Waals surface area contributed by atoms with E-state index in [1.807, 2.05) is 0 Å². The molecule has 11 heavy (non-hydrogen) atoms. The number of carbonyl (C=O) groups excluding carboxylic acids is 1. The molecule has 0 aromatic carbocycles. The van der Waals surface area contributed by atoms with Crippen LogP contribution >= 0.6 is 11.3 Å². The average Bonchev–Trinajstić information content (AvgIpc) is 2.30. The van der Waals surface area contributed by atoms with E-state index >= 15 is 0 Å². The van der Waals surface area contributed by atoms with Crippen molar-refractivity contribution in [2.45, 2.75) is 27.2 Å². The zero-order chi connectivity index (χ0) is 8.43. The predicted octanol–water partition coefficient (Wildman–Crippen LogP) is 2.82. The summed E-state index contributed by atoms with van der Waals surface area (Å²) in [6.07, 6.45) is 0.963. The lowest BCUT2D eigenvalue weighted by Crippen LogP contribution is -1.93. The van der Waals surface area contributed by atoms with Crippen molar-refractivity contribution in [2.24, 2.45) is 0 Å². The van der Waals surface area contributed by atoms with Gasteiger partial charge in [0.25, 0.3) is 0 Å². The molecule has 1 heterocycles. The van der Waals surface area contributed by atoms with Crippen molar-refractivity contribution in [3.8, 4) is 0 Å². The molecule has 1 rings (SSSR count). The Morgan fingerprint density at radius 1 is 1.64 bits per heavy atom. The summed E-state index contributed by atoms with van der Waals surface area (Å²) in [5.41, 5.74) is 2.48. The minimum atomic E-state index is 0.194. The molecule has 0 amide bonds. The van der Waals surface area contributed by atoms with Crippen molar-refractivity contribution >= 4 is 17.1 Å². The number of hydrogen-bond donors (Lipinski definition) is 0. The molecule has 0 aliphatic rings. The second-order valence-electron chi connectivity index (χ2n) is 2.64. The summed E-state index contributed by atoms with van der Waals surface area (Å²) in [5.74, 6) is 0.194. The first-order valence-electron chi connectivity index (χ1n) is 3.74. The SMILES string of the molecule is CCc1c(C)csc1C(C)=O. The van der Waals surface area contributed by atoms with Gasteiger partial charge >= 0.3 is 0 Å². The van der Waals surface area contributed by atoms with E-state index in [4.69, 9.17) is 0 Å². The number of thiophene rings is 1. The van der Waals surface area contributed by atoms with Gasteiger partial charge in [-0.3, -0.25) is 4.79 Å². The second kappa shape index (κ2) is 3.18. The van der Waals surface area contributed by atoms with Crippen molar-refractivity contribution in [3.63, 3.8) is 0 Å². The van der Waals surface area contributed by atoms with Crippen LogP contribution in [-0.4, -0.2) is 5.78 Å². The maximum Gasteiger partial charge on any atom is 0.169 e. The summed E-state index contributed by atoms with van der Waals surface area (Å²) in [4.78, 5) is 12.0. The monoisotopic (exact) mass is 168 g/mol. The van der Waals surface area contributed by atoms with Crippen molar-refractivity contribution < 1.29 is 4.79 Å². The van der Waals surface area contributed by atoms with E-state index in [9.17, 15) is 4.79 Å². The maximum absolute atomic E-state index is 11.0. The fourth-order valence-corrected chi connectivity index (χ4v) is 2.25. The molecule has 1 aromatic heterocycles. The van der Waals surface area contributed by atoms with Gasteiger partial charge in [0, 0.05) is 0 Å². The summed E-state index contributed by atoms with van der Waals surface area (Å²) >= 11 is 1.56. The van der Waals surface area contributed by atoms with Crippen LogP contribution in [0.4, 0.5) is 0 Å². The van der Waals surface area contributed by atoms with E-state index in [2.05, 4.69) is 19.2 Å². The second-order valence-corrected chi connectivity index (χ2v) is 3.52. The van der Waals surface area contributed by atoms with E-state index in [0.717, 1.165) is 11.3 Å². The fourth-order valence-electron chi connectivity index (χ4n) is 1.20. The van der Waals surface area contributed by atoms with Gasteiger partial charge < -0.3 is 0 Å². The molecule has 0 fully saturated rings. The van der Waals surface area contributed by atoms with Crippen LogP contribution in [0, 0.1) is 6.92 Å². The largest absolute Gasteiger partial charge is 0.294 e. The predicted molar refractivity (Wildman–Crippen MR) is 48.4 cm³/mol. The highest BCUT2D eigenvalue weighted by atomic mass is 32.1. The Labute approximate surface area is 71.1 Å². The highest BCUT2D eigenvalue weighted by Crippen LogP contribution is 2.22. The number of Topliss-reactive ketones (excluding diaryl/α,β-unsaturated/α-hetero) is 1. The molecule has 0 radical (unpaired) electrons. The molecule has 0 N–H and O–H groups in total. The van der Waals surface area contributed by atoms with Crippen LogP contribution in [0.1, 0.15) is 34.6 Å². The number of hydrogen-bond acceptors (Lipinski definition) is 2. The van der Waals surface area contributed by atoms with Gasteiger partial charge in [0.1, 0.15) is 0 Å². The van der Waals surface area contributed by atoms with Gasteiger partial charge in [0.2, 0.25) is 0 Å². The minimum Gasteiger partial charge on any atom is -0.294 e. The fraction of sp³-hybridized carbons (Fsp3) is 0.444. The Bertz CT molecular complexity index is 273. The smallest absolute Gasteiger partial charge is 0.169 e. The van der Waals surface area contributed by atoms with Gasteiger partial charge in [-0.1, -0.05) is 6.92 Å².